The summed E-state index contributed by atoms with van der Waals surface area (Å²) in [6.45, 7) is 12.6. The van der Waals surface area contributed by atoms with E-state index in [1.54, 1.807) is 0 Å². The fourth-order valence-electron chi connectivity index (χ4n) is 16.2. The zero-order chi connectivity index (χ0) is 55.6. The highest BCUT2D eigenvalue weighted by Crippen LogP contribution is 2.76. The first kappa shape index (κ1) is 59.0. The maximum absolute atomic E-state index is 15.1. The van der Waals surface area contributed by atoms with Crippen LogP contribution in [0.4, 0.5) is 0 Å². The number of allylic oxidation sites excluding steroid dienone is 2. The van der Waals surface area contributed by atoms with E-state index in [1.807, 2.05) is 6.92 Å². The summed E-state index contributed by atoms with van der Waals surface area (Å²) < 4.78 is 47.4. The lowest BCUT2D eigenvalue weighted by Gasteiger charge is -2.72. The topological polar surface area (TPSA) is 374 Å². The number of aliphatic hydroxyl groups excluding tert-OH is 14. The zero-order valence-electron chi connectivity index (χ0n) is 44.6. The van der Waals surface area contributed by atoms with Gasteiger partial charge in [-0.3, -0.25) is 4.79 Å². The van der Waals surface area contributed by atoms with Gasteiger partial charge >= 0.3 is 5.97 Å². The first-order valence-electron chi connectivity index (χ1n) is 27.4. The van der Waals surface area contributed by atoms with Crippen LogP contribution in [0.2, 0.25) is 0 Å². The molecule has 9 aliphatic rings. The van der Waals surface area contributed by atoms with Gasteiger partial charge in [0.15, 0.2) is 18.9 Å². The van der Waals surface area contributed by atoms with Gasteiger partial charge in [0.25, 0.3) is 0 Å². The van der Waals surface area contributed by atoms with Crippen molar-refractivity contribution in [3.63, 3.8) is 0 Å². The fourth-order valence-corrected chi connectivity index (χ4v) is 16.2. The quantitative estimate of drug-likeness (QED) is 0.0581. The Labute approximate surface area is 442 Å². The largest absolute Gasteiger partial charge is 0.432 e. The van der Waals surface area contributed by atoms with Crippen molar-refractivity contribution in [1.82, 2.24) is 0 Å². The highest BCUT2D eigenvalue weighted by Gasteiger charge is 2.72. The molecule has 0 radical (unpaired) electrons. The van der Waals surface area contributed by atoms with Gasteiger partial charge in [0.2, 0.25) is 6.29 Å². The van der Waals surface area contributed by atoms with Crippen molar-refractivity contribution >= 4 is 5.97 Å². The second kappa shape index (κ2) is 21.3. The molecular weight excluding hydrogens is 1000 g/mol. The third kappa shape index (κ3) is 9.37. The molecule has 29 unspecified atom stereocenters. The Balaban J connectivity index is 0.946. The summed E-state index contributed by atoms with van der Waals surface area (Å²) in [5, 5.41) is 152. The van der Waals surface area contributed by atoms with Crippen LogP contribution in [0.25, 0.3) is 0 Å². The van der Waals surface area contributed by atoms with Gasteiger partial charge in [-0.2, -0.15) is 0 Å². The maximum Gasteiger partial charge on any atom is 0.317 e. The lowest BCUT2D eigenvalue weighted by atomic mass is 9.33. The Bertz CT molecular complexity index is 2100. The van der Waals surface area contributed by atoms with Crippen LogP contribution in [0, 0.1) is 50.2 Å². The maximum atomic E-state index is 15.1. The molecule has 5 aliphatic carbocycles. The number of aliphatic hydroxyl groups is 14. The minimum Gasteiger partial charge on any atom is -0.432 e. The standard InChI is InChI=1S/C53H86O23/c1-22-32(58)36(62)40(66)44(71-22)75-42-33(59)25(56)19-69-46(42)74-31-11-12-49(4)28(50(31,5)21-55)10-13-51(6)29(49)9-8-23-24-16-48(2,3)14-15-53(24,30(57)17-52(23,51)7)47(68)76-45-41(67)38(64)35(61)27(73-45)20-70-43-39(65)37(63)34(60)26(18-54)72-43/h8,22,24-46,54-67H,9-21H2,1-7H3. The lowest BCUT2D eigenvalue weighted by molar-refractivity contribution is -0.365. The van der Waals surface area contributed by atoms with Gasteiger partial charge in [0.05, 0.1) is 44.7 Å². The summed E-state index contributed by atoms with van der Waals surface area (Å²) in [4.78, 5) is 15.1. The zero-order valence-corrected chi connectivity index (χ0v) is 44.6. The van der Waals surface area contributed by atoms with Gasteiger partial charge in [0, 0.05) is 5.41 Å². The minimum absolute atomic E-state index is 0.0242. The third-order valence-corrected chi connectivity index (χ3v) is 21.1. The SMILES string of the molecule is CC1OC(OC2C(OC3CCC4(C)C(CCC5(C)C4CC=C4C6CC(C)(C)CCC6(C(=O)OC6OC(COC7OC(CO)C(O)C(O)C7O)C(O)C(O)C6O)C(O)CC45C)C3(C)CO)OCC(O)C2O)C(O)C(O)C1O. The van der Waals surface area contributed by atoms with Crippen LogP contribution < -0.4 is 0 Å². The molecular formula is C53H86O23. The van der Waals surface area contributed by atoms with Crippen molar-refractivity contribution in [1.29, 1.82) is 0 Å². The molecule has 9 rings (SSSR count). The van der Waals surface area contributed by atoms with E-state index in [9.17, 15) is 71.5 Å². The predicted molar refractivity (Wildman–Crippen MR) is 258 cm³/mol. The molecule has 4 aliphatic heterocycles. The monoisotopic (exact) mass is 1090 g/mol. The van der Waals surface area contributed by atoms with E-state index in [4.69, 9.17) is 37.9 Å². The van der Waals surface area contributed by atoms with E-state index in [2.05, 4.69) is 40.7 Å². The molecule has 0 amide bonds. The average molecular weight is 1090 g/mol. The number of rotatable bonds is 11. The molecule has 8 fully saturated rings. The number of hydrogen-bond acceptors (Lipinski definition) is 23. The van der Waals surface area contributed by atoms with E-state index in [1.165, 1.54) is 6.92 Å². The van der Waals surface area contributed by atoms with E-state index in [0.29, 0.717) is 44.9 Å². The van der Waals surface area contributed by atoms with Crippen LogP contribution in [-0.4, -0.2) is 233 Å². The summed E-state index contributed by atoms with van der Waals surface area (Å²) in [5.74, 6) is -1.45. The van der Waals surface area contributed by atoms with Gasteiger partial charge in [-0.1, -0.05) is 53.2 Å². The molecule has 0 spiro atoms. The van der Waals surface area contributed by atoms with Crippen LogP contribution in [0.15, 0.2) is 11.6 Å². The Morgan fingerprint density at radius 2 is 1.28 bits per heavy atom. The number of esters is 1. The Morgan fingerprint density at radius 1 is 0.645 bits per heavy atom. The summed E-state index contributed by atoms with van der Waals surface area (Å²) >= 11 is 0. The van der Waals surface area contributed by atoms with Crippen molar-refractivity contribution in [3.05, 3.63) is 11.6 Å². The average Bonchev–Trinajstić information content (AvgIpc) is 3.56. The second-order valence-corrected chi connectivity index (χ2v) is 25.8. The molecule has 76 heavy (non-hydrogen) atoms. The summed E-state index contributed by atoms with van der Waals surface area (Å²) in [5.41, 5.74) is -3.08. The molecule has 4 saturated carbocycles. The van der Waals surface area contributed by atoms with Gasteiger partial charge in [-0.05, 0) is 104 Å². The van der Waals surface area contributed by atoms with Crippen LogP contribution in [0.5, 0.6) is 0 Å². The van der Waals surface area contributed by atoms with Crippen LogP contribution in [-0.2, 0) is 42.7 Å². The van der Waals surface area contributed by atoms with Gasteiger partial charge in [0.1, 0.15) is 90.9 Å². The number of ether oxygens (including phenoxy) is 8. The Hall–Kier alpha value is -1.63. The highest BCUT2D eigenvalue weighted by atomic mass is 16.8. The molecule has 23 heteroatoms. The van der Waals surface area contributed by atoms with Gasteiger partial charge < -0.3 is 109 Å². The lowest BCUT2D eigenvalue weighted by Crippen LogP contribution is -2.69. The fraction of sp³-hybridized carbons (Fsp3) is 0.943. The van der Waals surface area contributed by atoms with Crippen molar-refractivity contribution in [3.8, 4) is 0 Å². The van der Waals surface area contributed by atoms with Gasteiger partial charge in [-0.15, -0.1) is 0 Å². The highest BCUT2D eigenvalue weighted by molar-refractivity contribution is 5.80. The predicted octanol–water partition coefficient (Wildman–Crippen LogP) is -2.43. The van der Waals surface area contributed by atoms with E-state index < -0.39 is 181 Å². The molecule has 436 valence electrons. The van der Waals surface area contributed by atoms with Gasteiger partial charge in [-0.25, -0.2) is 0 Å². The normalized spacial score (nSPS) is 55.2. The number of hydrogen-bond donors (Lipinski definition) is 14. The van der Waals surface area contributed by atoms with Crippen LogP contribution in [0.1, 0.15) is 106 Å². The Morgan fingerprint density at radius 3 is 1.95 bits per heavy atom. The first-order valence-corrected chi connectivity index (χ1v) is 27.4. The third-order valence-electron chi connectivity index (χ3n) is 21.1. The van der Waals surface area contributed by atoms with E-state index >= 15 is 4.79 Å². The molecule has 0 aromatic rings. The number of fused-ring (bicyclic) bond motifs is 7. The molecule has 4 heterocycles. The molecule has 0 aromatic heterocycles. The molecule has 0 bridgehead atoms. The Kier molecular flexibility index (Phi) is 16.5. The first-order chi connectivity index (χ1) is 35.5. The van der Waals surface area contributed by atoms with Crippen molar-refractivity contribution in [2.75, 3.05) is 26.4 Å². The molecule has 0 aromatic carbocycles. The van der Waals surface area contributed by atoms with Crippen molar-refractivity contribution in [2.24, 2.45) is 50.2 Å². The molecule has 14 N–H and O–H groups in total. The minimum atomic E-state index is -1.93. The molecule has 4 saturated heterocycles. The van der Waals surface area contributed by atoms with Crippen molar-refractivity contribution < 1.29 is 114 Å². The van der Waals surface area contributed by atoms with Crippen molar-refractivity contribution in [2.45, 2.75) is 235 Å². The van der Waals surface area contributed by atoms with E-state index in [0.717, 1.165) is 5.57 Å². The second-order valence-electron chi connectivity index (χ2n) is 25.8. The van der Waals surface area contributed by atoms with Crippen LogP contribution in [0.3, 0.4) is 0 Å². The van der Waals surface area contributed by atoms with E-state index in [-0.39, 0.29) is 43.3 Å². The number of carbonyl (C=O) groups excluding carboxylic acids is 1. The molecule has 29 atom stereocenters. The smallest absolute Gasteiger partial charge is 0.317 e. The number of carbonyl (C=O) groups is 1. The molecule has 23 nitrogen and oxygen atoms in total. The summed E-state index contributed by atoms with van der Waals surface area (Å²) in [6.07, 6.45) is -24.9. The summed E-state index contributed by atoms with van der Waals surface area (Å²) in [6, 6.07) is 0. The summed E-state index contributed by atoms with van der Waals surface area (Å²) in [7, 11) is 0. The van der Waals surface area contributed by atoms with Crippen LogP contribution >= 0.6 is 0 Å².